The lowest BCUT2D eigenvalue weighted by molar-refractivity contribution is 0.0987. The molecule has 4 rings (SSSR count). The van der Waals surface area contributed by atoms with E-state index in [1.165, 1.54) is 6.07 Å². The van der Waals surface area contributed by atoms with Gasteiger partial charge in [-0.05, 0) is 79.1 Å². The van der Waals surface area contributed by atoms with Crippen molar-refractivity contribution >= 4 is 5.78 Å². The monoisotopic (exact) mass is 483 g/mol. The Balaban J connectivity index is 1.61. The number of carbonyl (C=O) groups excluding carboxylic acids is 1. The van der Waals surface area contributed by atoms with E-state index in [1.54, 1.807) is 19.3 Å². The molecule has 0 unspecified atom stereocenters. The third-order valence-electron chi connectivity index (χ3n) is 6.39. The first kappa shape index (κ1) is 25.0. The molecule has 8 heteroatoms. The summed E-state index contributed by atoms with van der Waals surface area (Å²) in [6.07, 6.45) is 7.15. The molecule has 1 aromatic carbocycles. The molecule has 3 aromatic rings. The third kappa shape index (κ3) is 5.77. The lowest BCUT2D eigenvalue weighted by Gasteiger charge is -2.28. The Bertz CT molecular complexity index is 1200. The normalized spacial score (nSPS) is 18.0. The molecule has 0 bridgehead atoms. The number of rotatable bonds is 8. The van der Waals surface area contributed by atoms with Crippen LogP contribution in [0.5, 0.6) is 0 Å². The van der Waals surface area contributed by atoms with E-state index in [0.717, 1.165) is 55.0 Å². The van der Waals surface area contributed by atoms with Crippen molar-refractivity contribution in [2.75, 3.05) is 6.61 Å². The molecule has 0 spiro atoms. The molecule has 0 saturated heterocycles. The Morgan fingerprint density at radius 2 is 1.89 bits per heavy atom. The molecule has 35 heavy (non-hydrogen) atoms. The summed E-state index contributed by atoms with van der Waals surface area (Å²) in [6.45, 7) is 2.18. The van der Waals surface area contributed by atoms with Gasteiger partial charge >= 0.3 is 0 Å². The first-order chi connectivity index (χ1) is 16.9. The Morgan fingerprint density at radius 1 is 1.11 bits per heavy atom. The van der Waals surface area contributed by atoms with Crippen LogP contribution in [0.2, 0.25) is 0 Å². The van der Waals surface area contributed by atoms with E-state index in [0.29, 0.717) is 6.61 Å². The molecule has 2 N–H and O–H groups in total. The third-order valence-corrected chi connectivity index (χ3v) is 6.39. The summed E-state index contributed by atoms with van der Waals surface area (Å²) < 4.78 is 49.3. The molecule has 5 nitrogen and oxygen atoms in total. The lowest BCUT2D eigenvalue weighted by atomic mass is 9.80. The van der Waals surface area contributed by atoms with Gasteiger partial charge in [0.2, 0.25) is 0 Å². The van der Waals surface area contributed by atoms with Crippen LogP contribution in [-0.4, -0.2) is 28.4 Å². The first-order valence-electron chi connectivity index (χ1n) is 11.8. The van der Waals surface area contributed by atoms with E-state index in [4.69, 9.17) is 10.5 Å². The smallest absolute Gasteiger partial charge is 0.185 e. The highest BCUT2D eigenvalue weighted by atomic mass is 19.1. The van der Waals surface area contributed by atoms with E-state index in [1.807, 2.05) is 6.07 Å². The zero-order valence-corrected chi connectivity index (χ0v) is 19.6. The molecule has 2 atom stereocenters. The summed E-state index contributed by atoms with van der Waals surface area (Å²) in [5, 5.41) is 0. The SMILES string of the molecule is CCOCc1cc(F)c(-c2nc(C(=O)Cc3cnccc3[C@@H]3CCC[C@H](N)C3)ccc2F)c(F)c1. The maximum atomic E-state index is 14.8. The fourth-order valence-corrected chi connectivity index (χ4v) is 4.69. The average molecular weight is 484 g/mol. The quantitative estimate of drug-likeness (QED) is 0.428. The predicted octanol–water partition coefficient (Wildman–Crippen LogP) is 5.51. The molecule has 1 aliphatic rings. The van der Waals surface area contributed by atoms with Crippen molar-refractivity contribution in [2.45, 2.75) is 57.6 Å². The van der Waals surface area contributed by atoms with Gasteiger partial charge in [0, 0.05) is 31.5 Å². The molecule has 0 aliphatic heterocycles. The van der Waals surface area contributed by atoms with E-state index in [9.17, 15) is 18.0 Å². The van der Waals surface area contributed by atoms with E-state index in [-0.39, 0.29) is 36.2 Å². The van der Waals surface area contributed by atoms with Crippen molar-refractivity contribution in [2.24, 2.45) is 5.73 Å². The number of nitrogens with zero attached hydrogens (tertiary/aromatic N) is 2. The number of hydrogen-bond acceptors (Lipinski definition) is 5. The Labute approximate surface area is 202 Å². The number of ether oxygens (including phenoxy) is 1. The van der Waals surface area contributed by atoms with Gasteiger partial charge in [-0.15, -0.1) is 0 Å². The Kier molecular flexibility index (Phi) is 7.93. The van der Waals surface area contributed by atoms with Gasteiger partial charge in [0.05, 0.1) is 12.2 Å². The summed E-state index contributed by atoms with van der Waals surface area (Å²) in [5.74, 6) is -3.03. The number of halogens is 3. The van der Waals surface area contributed by atoms with Crippen LogP contribution in [0, 0.1) is 17.5 Å². The minimum Gasteiger partial charge on any atom is -0.377 e. The van der Waals surface area contributed by atoms with Crippen LogP contribution in [0.1, 0.15) is 65.7 Å². The van der Waals surface area contributed by atoms with Gasteiger partial charge in [-0.1, -0.05) is 6.42 Å². The van der Waals surface area contributed by atoms with Gasteiger partial charge in [0.25, 0.3) is 0 Å². The summed E-state index contributed by atoms with van der Waals surface area (Å²) in [7, 11) is 0. The van der Waals surface area contributed by atoms with Crippen LogP contribution >= 0.6 is 0 Å². The number of pyridine rings is 2. The molecule has 0 amide bonds. The second-order valence-corrected chi connectivity index (χ2v) is 8.90. The Hall–Kier alpha value is -3.10. The largest absolute Gasteiger partial charge is 0.377 e. The van der Waals surface area contributed by atoms with Gasteiger partial charge in [-0.25, -0.2) is 18.2 Å². The fraction of sp³-hybridized carbons (Fsp3) is 0.370. The number of ketones is 1. The van der Waals surface area contributed by atoms with Crippen LogP contribution < -0.4 is 5.73 Å². The van der Waals surface area contributed by atoms with E-state index >= 15 is 0 Å². The highest BCUT2D eigenvalue weighted by Gasteiger charge is 2.25. The zero-order valence-electron chi connectivity index (χ0n) is 19.6. The molecule has 1 saturated carbocycles. The summed E-state index contributed by atoms with van der Waals surface area (Å²) in [5.41, 5.74) is 6.97. The molecule has 1 aliphatic carbocycles. The zero-order chi connectivity index (χ0) is 24.9. The molecule has 1 fully saturated rings. The molecule has 184 valence electrons. The van der Waals surface area contributed by atoms with Crippen LogP contribution in [0.15, 0.2) is 42.7 Å². The highest BCUT2D eigenvalue weighted by molar-refractivity contribution is 5.96. The van der Waals surface area contributed by atoms with Crippen LogP contribution in [0.25, 0.3) is 11.3 Å². The van der Waals surface area contributed by atoms with Crippen LogP contribution in [-0.2, 0) is 17.8 Å². The summed E-state index contributed by atoms with van der Waals surface area (Å²) in [4.78, 5) is 21.3. The topological polar surface area (TPSA) is 78.1 Å². The second kappa shape index (κ2) is 11.1. The fourth-order valence-electron chi connectivity index (χ4n) is 4.69. The number of nitrogens with two attached hydrogens (primary N) is 1. The van der Waals surface area contributed by atoms with E-state index < -0.39 is 34.5 Å². The van der Waals surface area contributed by atoms with Crippen molar-refractivity contribution in [1.82, 2.24) is 9.97 Å². The number of benzene rings is 1. The highest BCUT2D eigenvalue weighted by Crippen LogP contribution is 2.34. The standard InChI is InChI=1S/C27H28F3N3O2/c1-2-35-15-16-10-22(29)26(23(30)11-16)27-21(28)6-7-24(33-27)25(34)13-18-14-32-9-8-20(18)17-4-3-5-19(31)12-17/h6-11,14,17,19H,2-5,12-13,15,31H2,1H3/t17-,19+/m1/s1. The van der Waals surface area contributed by atoms with Gasteiger partial charge < -0.3 is 10.5 Å². The predicted molar refractivity (Wildman–Crippen MR) is 126 cm³/mol. The van der Waals surface area contributed by atoms with Gasteiger partial charge in [-0.2, -0.15) is 0 Å². The van der Waals surface area contributed by atoms with Gasteiger partial charge in [0.15, 0.2) is 5.78 Å². The van der Waals surface area contributed by atoms with Gasteiger partial charge in [0.1, 0.15) is 28.8 Å². The maximum absolute atomic E-state index is 14.8. The number of hydrogen-bond donors (Lipinski definition) is 1. The molecular formula is C27H28F3N3O2. The molecular weight excluding hydrogens is 455 g/mol. The van der Waals surface area contributed by atoms with Crippen LogP contribution in [0.3, 0.4) is 0 Å². The lowest BCUT2D eigenvalue weighted by Crippen LogP contribution is -2.27. The van der Waals surface area contributed by atoms with Crippen molar-refractivity contribution in [1.29, 1.82) is 0 Å². The number of aromatic nitrogens is 2. The first-order valence-corrected chi connectivity index (χ1v) is 11.8. The summed E-state index contributed by atoms with van der Waals surface area (Å²) >= 11 is 0. The minimum atomic E-state index is -0.973. The van der Waals surface area contributed by atoms with Crippen molar-refractivity contribution < 1.29 is 22.7 Å². The Morgan fingerprint density at radius 3 is 2.60 bits per heavy atom. The molecule has 2 heterocycles. The minimum absolute atomic E-state index is 0.00869. The van der Waals surface area contributed by atoms with Crippen LogP contribution in [0.4, 0.5) is 13.2 Å². The van der Waals surface area contributed by atoms with Gasteiger partial charge in [-0.3, -0.25) is 9.78 Å². The summed E-state index contributed by atoms with van der Waals surface area (Å²) in [6, 6.07) is 6.43. The molecule has 0 radical (unpaired) electrons. The van der Waals surface area contributed by atoms with Crippen molar-refractivity contribution in [3.63, 3.8) is 0 Å². The molecule has 2 aromatic heterocycles. The number of Topliss-reactive ketones (excluding diaryl/α,β-unsaturated/α-hetero) is 1. The van der Waals surface area contributed by atoms with E-state index in [2.05, 4.69) is 9.97 Å². The number of carbonyl (C=O) groups is 1. The second-order valence-electron chi connectivity index (χ2n) is 8.90. The van der Waals surface area contributed by atoms with Crippen molar-refractivity contribution in [3.05, 3.63) is 82.6 Å². The average Bonchev–Trinajstić information content (AvgIpc) is 2.83. The van der Waals surface area contributed by atoms with Crippen molar-refractivity contribution in [3.8, 4) is 11.3 Å². The maximum Gasteiger partial charge on any atom is 0.185 e.